The van der Waals surface area contributed by atoms with Crippen LogP contribution >= 0.6 is 0 Å². The zero-order valence-electron chi connectivity index (χ0n) is 18.5. The minimum Gasteiger partial charge on any atom is -0.450 e. The molecule has 0 aliphatic heterocycles. The molecule has 0 bridgehead atoms. The van der Waals surface area contributed by atoms with Gasteiger partial charge in [0, 0.05) is 30.6 Å². The number of hydrogen-bond donors (Lipinski definition) is 0. The molecule has 1 heterocycles. The number of aryl methyl sites for hydroxylation is 3. The van der Waals surface area contributed by atoms with Crippen molar-refractivity contribution in [2.75, 3.05) is 13.7 Å². The van der Waals surface area contributed by atoms with Crippen molar-refractivity contribution < 1.29 is 19.1 Å². The lowest BCUT2D eigenvalue weighted by Crippen LogP contribution is -2.25. The molecule has 2 aromatic rings. The monoisotopic (exact) mass is 420 g/mol. The first-order valence-electron chi connectivity index (χ1n) is 10.5. The molecule has 1 unspecified atom stereocenters. The van der Waals surface area contributed by atoms with E-state index >= 15 is 0 Å². The Kier molecular flexibility index (Phi) is 7.09. The highest BCUT2D eigenvalue weighted by atomic mass is 16.5. The summed E-state index contributed by atoms with van der Waals surface area (Å²) in [4.78, 5) is 25.4. The van der Waals surface area contributed by atoms with Gasteiger partial charge in [-0.2, -0.15) is 5.26 Å². The van der Waals surface area contributed by atoms with Crippen LogP contribution in [0.2, 0.25) is 0 Å². The zero-order valence-corrected chi connectivity index (χ0v) is 18.5. The van der Waals surface area contributed by atoms with Crippen LogP contribution in [0.3, 0.4) is 0 Å². The Balaban J connectivity index is 1.73. The third-order valence-electron chi connectivity index (χ3n) is 5.81. The predicted octanol–water partition coefficient (Wildman–Crippen LogP) is 3.96. The standard InChI is InChI=1S/C25H28N2O4/c1-16-12-22(17(2)27(16)10-11-30-4)14-23(15-26)25(29)31-18(3)24(28)21-9-8-19-6-5-7-20(19)13-21/h8-9,12-14,18H,5-7,10-11H2,1-4H3/b23-14-. The van der Waals surface area contributed by atoms with Crippen LogP contribution in [0.25, 0.3) is 6.08 Å². The molecular formula is C25H28N2O4. The SMILES string of the molecule is COCCn1c(C)cc(/C=C(/C#N)C(=O)OC(C)C(=O)c2ccc3c(c2)CCC3)c1C. The summed E-state index contributed by atoms with van der Waals surface area (Å²) < 4.78 is 12.6. The molecule has 3 rings (SSSR count). The number of rotatable bonds is 8. The van der Waals surface area contributed by atoms with Gasteiger partial charge in [-0.3, -0.25) is 4.79 Å². The first kappa shape index (κ1) is 22.5. The summed E-state index contributed by atoms with van der Waals surface area (Å²) in [5, 5.41) is 9.51. The molecule has 0 amide bonds. The van der Waals surface area contributed by atoms with Gasteiger partial charge >= 0.3 is 5.97 Å². The number of benzene rings is 1. The third-order valence-corrected chi connectivity index (χ3v) is 5.81. The normalized spacial score (nSPS) is 14.1. The number of esters is 1. The highest BCUT2D eigenvalue weighted by Crippen LogP contribution is 2.24. The van der Waals surface area contributed by atoms with Gasteiger partial charge in [-0.25, -0.2) is 4.79 Å². The van der Waals surface area contributed by atoms with Crippen LogP contribution in [0, 0.1) is 25.2 Å². The lowest BCUT2D eigenvalue weighted by Gasteiger charge is -2.13. The Morgan fingerprint density at radius 3 is 2.68 bits per heavy atom. The smallest absolute Gasteiger partial charge is 0.349 e. The Bertz CT molecular complexity index is 1070. The highest BCUT2D eigenvalue weighted by molar-refractivity contribution is 6.03. The number of fused-ring (bicyclic) bond motifs is 1. The van der Waals surface area contributed by atoms with E-state index in [-0.39, 0.29) is 11.4 Å². The van der Waals surface area contributed by atoms with Crippen LogP contribution in [-0.4, -0.2) is 36.1 Å². The molecule has 1 aliphatic rings. The molecule has 162 valence electrons. The molecule has 1 atom stereocenters. The Morgan fingerprint density at radius 2 is 1.97 bits per heavy atom. The number of hydrogen-bond acceptors (Lipinski definition) is 5. The van der Waals surface area contributed by atoms with Crippen LogP contribution in [0.4, 0.5) is 0 Å². The molecule has 6 nitrogen and oxygen atoms in total. The summed E-state index contributed by atoms with van der Waals surface area (Å²) in [6.45, 7) is 6.67. The van der Waals surface area contributed by atoms with Gasteiger partial charge in [0.15, 0.2) is 6.10 Å². The van der Waals surface area contributed by atoms with E-state index in [1.165, 1.54) is 17.2 Å². The zero-order chi connectivity index (χ0) is 22.5. The van der Waals surface area contributed by atoms with Gasteiger partial charge in [0.05, 0.1) is 6.61 Å². The predicted molar refractivity (Wildman–Crippen MR) is 118 cm³/mol. The number of nitrogens with zero attached hydrogens (tertiary/aromatic N) is 2. The maximum absolute atomic E-state index is 12.8. The molecule has 1 aromatic heterocycles. The second kappa shape index (κ2) is 9.76. The van der Waals surface area contributed by atoms with Gasteiger partial charge in [-0.15, -0.1) is 0 Å². The number of aromatic nitrogens is 1. The third kappa shape index (κ3) is 4.95. The highest BCUT2D eigenvalue weighted by Gasteiger charge is 2.23. The van der Waals surface area contributed by atoms with E-state index in [4.69, 9.17) is 9.47 Å². The molecule has 31 heavy (non-hydrogen) atoms. The van der Waals surface area contributed by atoms with Crippen LogP contribution < -0.4 is 0 Å². The topological polar surface area (TPSA) is 81.3 Å². The second-order valence-corrected chi connectivity index (χ2v) is 7.89. The van der Waals surface area contributed by atoms with Gasteiger partial charge in [-0.05, 0) is 74.9 Å². The first-order chi connectivity index (χ1) is 14.8. The van der Waals surface area contributed by atoms with Gasteiger partial charge in [0.2, 0.25) is 5.78 Å². The number of methoxy groups -OCH3 is 1. The van der Waals surface area contributed by atoms with Crippen molar-refractivity contribution in [3.05, 3.63) is 63.5 Å². The fourth-order valence-electron chi connectivity index (χ4n) is 4.03. The van der Waals surface area contributed by atoms with Gasteiger partial charge in [0.25, 0.3) is 0 Å². The van der Waals surface area contributed by atoms with Crippen molar-refractivity contribution in [3.8, 4) is 6.07 Å². The molecule has 1 aliphatic carbocycles. The van der Waals surface area contributed by atoms with Gasteiger partial charge < -0.3 is 14.0 Å². The number of Topliss-reactive ketones (excluding diaryl/α,β-unsaturated/α-hetero) is 1. The van der Waals surface area contributed by atoms with Crippen LogP contribution in [0.5, 0.6) is 0 Å². The van der Waals surface area contributed by atoms with Crippen molar-refractivity contribution >= 4 is 17.8 Å². The van der Waals surface area contributed by atoms with Gasteiger partial charge in [0.1, 0.15) is 11.6 Å². The quantitative estimate of drug-likeness (QED) is 0.279. The summed E-state index contributed by atoms with van der Waals surface area (Å²) in [6.07, 6.45) is 3.64. The van der Waals surface area contributed by atoms with Crippen LogP contribution in [-0.2, 0) is 33.7 Å². The largest absolute Gasteiger partial charge is 0.450 e. The molecule has 0 N–H and O–H groups in total. The van der Waals surface area contributed by atoms with E-state index in [9.17, 15) is 14.9 Å². The first-order valence-corrected chi connectivity index (χ1v) is 10.5. The lowest BCUT2D eigenvalue weighted by atomic mass is 10.0. The molecule has 0 saturated carbocycles. The van der Waals surface area contributed by atoms with Crippen LogP contribution in [0.15, 0.2) is 29.8 Å². The average Bonchev–Trinajstić information content (AvgIpc) is 3.33. The fraction of sp³-hybridized carbons (Fsp3) is 0.400. The van der Waals surface area contributed by atoms with Crippen molar-refractivity contribution in [2.24, 2.45) is 0 Å². The number of ether oxygens (including phenoxy) is 2. The summed E-state index contributed by atoms with van der Waals surface area (Å²) in [7, 11) is 1.64. The van der Waals surface area contributed by atoms with E-state index < -0.39 is 12.1 Å². The van der Waals surface area contributed by atoms with E-state index in [1.54, 1.807) is 20.1 Å². The van der Waals surface area contributed by atoms with E-state index in [1.807, 2.05) is 38.1 Å². The number of ketones is 1. The molecule has 0 radical (unpaired) electrons. The van der Waals surface area contributed by atoms with Crippen LogP contribution in [0.1, 0.15) is 51.8 Å². The molecule has 0 fully saturated rings. The van der Waals surface area contributed by atoms with Crippen molar-refractivity contribution in [2.45, 2.75) is 52.7 Å². The molecular weight excluding hydrogens is 392 g/mol. The Labute approximate surface area is 183 Å². The lowest BCUT2D eigenvalue weighted by molar-refractivity contribution is -0.141. The minimum absolute atomic E-state index is 0.138. The number of carbonyl (C=O) groups excluding carboxylic acids is 2. The molecule has 1 aromatic carbocycles. The summed E-state index contributed by atoms with van der Waals surface area (Å²) in [5.41, 5.74) is 5.55. The molecule has 0 spiro atoms. The van der Waals surface area contributed by atoms with Crippen molar-refractivity contribution in [1.82, 2.24) is 4.57 Å². The van der Waals surface area contributed by atoms with E-state index in [0.717, 1.165) is 36.2 Å². The van der Waals surface area contributed by atoms with Gasteiger partial charge in [-0.1, -0.05) is 12.1 Å². The Hall–Kier alpha value is -3.17. The number of carbonyl (C=O) groups is 2. The summed E-state index contributed by atoms with van der Waals surface area (Å²) in [5.74, 6) is -1.07. The van der Waals surface area contributed by atoms with E-state index in [0.29, 0.717) is 18.7 Å². The average molecular weight is 421 g/mol. The molecule has 0 saturated heterocycles. The molecule has 6 heteroatoms. The number of nitriles is 1. The second-order valence-electron chi connectivity index (χ2n) is 7.89. The Morgan fingerprint density at radius 1 is 1.23 bits per heavy atom. The summed E-state index contributed by atoms with van der Waals surface area (Å²) >= 11 is 0. The summed E-state index contributed by atoms with van der Waals surface area (Å²) in [6, 6.07) is 9.47. The van der Waals surface area contributed by atoms with Crippen molar-refractivity contribution in [1.29, 1.82) is 5.26 Å². The van der Waals surface area contributed by atoms with E-state index in [2.05, 4.69) is 4.57 Å². The maximum atomic E-state index is 12.8. The fourth-order valence-corrected chi connectivity index (χ4v) is 4.03. The minimum atomic E-state index is -0.974. The van der Waals surface area contributed by atoms with Crippen molar-refractivity contribution in [3.63, 3.8) is 0 Å². The maximum Gasteiger partial charge on any atom is 0.349 e.